The van der Waals surface area contributed by atoms with Gasteiger partial charge in [0.05, 0.1) is 11.5 Å². The van der Waals surface area contributed by atoms with Gasteiger partial charge in [-0.05, 0) is 12.0 Å². The van der Waals surface area contributed by atoms with Crippen LogP contribution in [0.25, 0.3) is 0 Å². The molecular formula is C12H15Cl2FN2O2S. The second kappa shape index (κ2) is 6.13. The molecule has 8 heteroatoms. The first-order chi connectivity index (χ1) is 9.27. The van der Waals surface area contributed by atoms with Crippen molar-refractivity contribution >= 4 is 33.0 Å². The van der Waals surface area contributed by atoms with Gasteiger partial charge in [0.15, 0.2) is 20.8 Å². The number of rotatable bonds is 2. The number of nitrogens with zero attached hydrogens (tertiary/aromatic N) is 2. The highest BCUT2D eigenvalue weighted by Crippen LogP contribution is 2.23. The van der Waals surface area contributed by atoms with Gasteiger partial charge < -0.3 is 0 Å². The van der Waals surface area contributed by atoms with E-state index in [1.54, 1.807) is 0 Å². The van der Waals surface area contributed by atoms with E-state index in [4.69, 9.17) is 23.2 Å². The van der Waals surface area contributed by atoms with Crippen molar-refractivity contribution in [1.29, 1.82) is 0 Å². The maximum absolute atomic E-state index is 13.4. The molecule has 1 fully saturated rings. The van der Waals surface area contributed by atoms with Crippen LogP contribution >= 0.6 is 23.2 Å². The predicted octanol–water partition coefficient (Wildman–Crippen LogP) is 2.39. The fourth-order valence-corrected chi connectivity index (χ4v) is 4.41. The number of hydrogen-bond donors (Lipinski definition) is 0. The molecule has 0 radical (unpaired) electrons. The SMILES string of the molecule is CC1CN(Cc2cc(F)c(Cl)nc2Cl)CCS(=O)(=O)C1. The molecule has 0 spiro atoms. The van der Waals surface area contributed by atoms with Crippen molar-refractivity contribution in [3.63, 3.8) is 0 Å². The molecule has 1 aliphatic heterocycles. The third-order valence-corrected chi connectivity index (χ3v) is 5.65. The van der Waals surface area contributed by atoms with Gasteiger partial charge in [-0.1, -0.05) is 30.1 Å². The Labute approximate surface area is 127 Å². The van der Waals surface area contributed by atoms with Crippen molar-refractivity contribution in [2.24, 2.45) is 5.92 Å². The lowest BCUT2D eigenvalue weighted by atomic mass is 10.2. The topological polar surface area (TPSA) is 50.3 Å². The van der Waals surface area contributed by atoms with Crippen molar-refractivity contribution < 1.29 is 12.8 Å². The van der Waals surface area contributed by atoms with E-state index in [-0.39, 0.29) is 27.7 Å². The van der Waals surface area contributed by atoms with Crippen LogP contribution in [0.15, 0.2) is 6.07 Å². The first-order valence-electron chi connectivity index (χ1n) is 6.20. The summed E-state index contributed by atoms with van der Waals surface area (Å²) in [4.78, 5) is 5.67. The van der Waals surface area contributed by atoms with Gasteiger partial charge in [0.25, 0.3) is 0 Å². The van der Waals surface area contributed by atoms with E-state index in [1.165, 1.54) is 6.07 Å². The molecule has 0 aromatic carbocycles. The van der Waals surface area contributed by atoms with E-state index in [0.29, 0.717) is 25.2 Å². The van der Waals surface area contributed by atoms with Crippen LogP contribution in [0.2, 0.25) is 10.3 Å². The molecule has 1 aromatic rings. The summed E-state index contributed by atoms with van der Waals surface area (Å²) in [7, 11) is -3.00. The Balaban J connectivity index is 2.16. The van der Waals surface area contributed by atoms with Crippen LogP contribution in [0.3, 0.4) is 0 Å². The molecule has 0 bridgehead atoms. The molecular weight excluding hydrogens is 326 g/mol. The normalized spacial score (nSPS) is 23.5. The van der Waals surface area contributed by atoms with Gasteiger partial charge in [0, 0.05) is 25.2 Å². The smallest absolute Gasteiger partial charge is 0.166 e. The van der Waals surface area contributed by atoms with Gasteiger partial charge in [-0.15, -0.1) is 0 Å². The van der Waals surface area contributed by atoms with E-state index in [1.807, 2.05) is 11.8 Å². The molecule has 1 atom stereocenters. The second-order valence-electron chi connectivity index (χ2n) is 5.17. The largest absolute Gasteiger partial charge is 0.298 e. The van der Waals surface area contributed by atoms with Crippen molar-refractivity contribution in [3.05, 3.63) is 27.8 Å². The zero-order valence-corrected chi connectivity index (χ0v) is 13.3. The maximum Gasteiger partial charge on any atom is 0.166 e. The highest BCUT2D eigenvalue weighted by Gasteiger charge is 2.25. The van der Waals surface area contributed by atoms with Crippen molar-refractivity contribution in [3.8, 4) is 0 Å². The van der Waals surface area contributed by atoms with Gasteiger partial charge >= 0.3 is 0 Å². The van der Waals surface area contributed by atoms with E-state index in [0.717, 1.165) is 0 Å². The van der Waals surface area contributed by atoms with E-state index >= 15 is 0 Å². The Bertz CT molecular complexity index is 610. The van der Waals surface area contributed by atoms with E-state index in [9.17, 15) is 12.8 Å². The number of hydrogen-bond acceptors (Lipinski definition) is 4. The van der Waals surface area contributed by atoms with Gasteiger partial charge in [-0.2, -0.15) is 0 Å². The predicted molar refractivity (Wildman–Crippen MR) is 77.3 cm³/mol. The molecule has 112 valence electrons. The van der Waals surface area contributed by atoms with Gasteiger partial charge in [0.1, 0.15) is 5.15 Å². The summed E-state index contributed by atoms with van der Waals surface area (Å²) in [6.07, 6.45) is 0. The molecule has 20 heavy (non-hydrogen) atoms. The number of aromatic nitrogens is 1. The Hall–Kier alpha value is -0.430. The monoisotopic (exact) mass is 340 g/mol. The van der Waals surface area contributed by atoms with Crippen LogP contribution in [0.5, 0.6) is 0 Å². The van der Waals surface area contributed by atoms with Crippen LogP contribution < -0.4 is 0 Å². The van der Waals surface area contributed by atoms with E-state index < -0.39 is 15.7 Å². The minimum absolute atomic E-state index is 0.0337. The van der Waals surface area contributed by atoms with Crippen LogP contribution in [0, 0.1) is 11.7 Å². The number of halogens is 3. The van der Waals surface area contributed by atoms with Crippen LogP contribution in [0.1, 0.15) is 12.5 Å². The van der Waals surface area contributed by atoms with E-state index in [2.05, 4.69) is 4.98 Å². The molecule has 0 amide bonds. The summed E-state index contributed by atoms with van der Waals surface area (Å²) in [6.45, 7) is 3.28. The third kappa shape index (κ3) is 4.04. The molecule has 0 saturated carbocycles. The van der Waals surface area contributed by atoms with Crippen molar-refractivity contribution in [1.82, 2.24) is 9.88 Å². The minimum Gasteiger partial charge on any atom is -0.298 e. The Morgan fingerprint density at radius 1 is 1.45 bits per heavy atom. The Morgan fingerprint density at radius 2 is 2.15 bits per heavy atom. The number of sulfone groups is 1. The van der Waals surface area contributed by atoms with Crippen molar-refractivity contribution in [2.75, 3.05) is 24.6 Å². The quantitative estimate of drug-likeness (QED) is 0.775. The van der Waals surface area contributed by atoms with Crippen molar-refractivity contribution in [2.45, 2.75) is 13.5 Å². The van der Waals surface area contributed by atoms with Crippen LogP contribution in [-0.2, 0) is 16.4 Å². The standard InChI is InChI=1S/C12H15Cl2FN2O2S/c1-8-5-17(2-3-20(18,19)7-8)6-9-4-10(15)12(14)16-11(9)13/h4,8H,2-3,5-7H2,1H3. The summed E-state index contributed by atoms with van der Waals surface area (Å²) in [6, 6.07) is 1.25. The lowest BCUT2D eigenvalue weighted by Crippen LogP contribution is -2.29. The van der Waals surface area contributed by atoms with Gasteiger partial charge in [-0.25, -0.2) is 17.8 Å². The molecule has 2 rings (SSSR count). The lowest BCUT2D eigenvalue weighted by Gasteiger charge is -2.22. The lowest BCUT2D eigenvalue weighted by molar-refractivity contribution is 0.256. The Kier molecular flexibility index (Phi) is 4.89. The average molecular weight is 341 g/mol. The molecule has 0 aliphatic carbocycles. The first kappa shape index (κ1) is 15.9. The van der Waals surface area contributed by atoms with Gasteiger partial charge in [-0.3, -0.25) is 4.90 Å². The summed E-state index contributed by atoms with van der Waals surface area (Å²) < 4.78 is 36.8. The fraction of sp³-hybridized carbons (Fsp3) is 0.583. The summed E-state index contributed by atoms with van der Waals surface area (Å²) in [5.41, 5.74) is 0.514. The highest BCUT2D eigenvalue weighted by atomic mass is 35.5. The molecule has 2 heterocycles. The minimum atomic E-state index is -3.00. The molecule has 1 aliphatic rings. The molecule has 1 aromatic heterocycles. The summed E-state index contributed by atoms with van der Waals surface area (Å²) in [5, 5.41) is -0.110. The molecule has 4 nitrogen and oxygen atoms in total. The first-order valence-corrected chi connectivity index (χ1v) is 8.78. The molecule has 1 unspecified atom stereocenters. The summed E-state index contributed by atoms with van der Waals surface area (Å²) >= 11 is 11.5. The zero-order valence-electron chi connectivity index (χ0n) is 10.9. The van der Waals surface area contributed by atoms with Crippen LogP contribution in [-0.4, -0.2) is 42.9 Å². The highest BCUT2D eigenvalue weighted by molar-refractivity contribution is 7.91. The molecule has 1 saturated heterocycles. The summed E-state index contributed by atoms with van der Waals surface area (Å²) in [5.74, 6) is -0.295. The second-order valence-corrected chi connectivity index (χ2v) is 8.11. The maximum atomic E-state index is 13.4. The third-order valence-electron chi connectivity index (χ3n) is 3.18. The van der Waals surface area contributed by atoms with Gasteiger partial charge in [0.2, 0.25) is 0 Å². The fourth-order valence-electron chi connectivity index (χ4n) is 2.35. The molecule has 0 N–H and O–H groups in total. The zero-order chi connectivity index (χ0) is 14.9. The average Bonchev–Trinajstić information content (AvgIpc) is 2.44. The van der Waals surface area contributed by atoms with Crippen LogP contribution in [0.4, 0.5) is 4.39 Å². The Morgan fingerprint density at radius 3 is 2.85 bits per heavy atom. The number of pyridine rings is 1.